The summed E-state index contributed by atoms with van der Waals surface area (Å²) in [5, 5.41) is 11.7. The fourth-order valence-corrected chi connectivity index (χ4v) is 7.08. The van der Waals surface area contributed by atoms with Crippen molar-refractivity contribution in [2.24, 2.45) is 11.3 Å². The number of halogens is 2. The van der Waals surface area contributed by atoms with Crippen LogP contribution in [0.4, 0.5) is 13.6 Å². The maximum Gasteiger partial charge on any atom is 0.494 e. The van der Waals surface area contributed by atoms with Gasteiger partial charge in [0.15, 0.2) is 0 Å². The lowest BCUT2D eigenvalue weighted by molar-refractivity contribution is -0.135. The molecule has 3 fully saturated rings. The Hall–Kier alpha value is -3.77. The van der Waals surface area contributed by atoms with Gasteiger partial charge in [-0.3, -0.25) is 4.79 Å². The topological polar surface area (TPSA) is 117 Å². The second-order valence-corrected chi connectivity index (χ2v) is 14.8. The Morgan fingerprint density at radius 1 is 1.04 bits per heavy atom. The number of aromatic amines is 1. The molecule has 2 atom stereocenters. The summed E-state index contributed by atoms with van der Waals surface area (Å²) in [6, 6.07) is 8.78. The van der Waals surface area contributed by atoms with E-state index in [0.717, 1.165) is 12.8 Å². The van der Waals surface area contributed by atoms with Gasteiger partial charge in [0.1, 0.15) is 11.9 Å². The number of likely N-dealkylation sites (tertiary alicyclic amines) is 1. The normalized spacial score (nSPS) is 23.5. The van der Waals surface area contributed by atoms with Gasteiger partial charge in [-0.05, 0) is 80.9 Å². The van der Waals surface area contributed by atoms with Gasteiger partial charge in [-0.2, -0.15) is 8.78 Å². The summed E-state index contributed by atoms with van der Waals surface area (Å²) >= 11 is 0. The highest BCUT2D eigenvalue weighted by Crippen LogP contribution is 2.58. The third-order valence-corrected chi connectivity index (χ3v) is 10.7. The summed E-state index contributed by atoms with van der Waals surface area (Å²) in [5.74, 6) is -3.19. The molecule has 2 amide bonds. The highest BCUT2D eigenvalue weighted by molar-refractivity contribution is 6.62. The number of rotatable bonds is 6. The Labute approximate surface area is 267 Å². The van der Waals surface area contributed by atoms with Crippen LogP contribution in [0.25, 0.3) is 22.4 Å². The average Bonchev–Trinajstić information content (AvgIpc) is 3.24. The molecule has 9 nitrogen and oxygen atoms in total. The quantitative estimate of drug-likeness (QED) is 0.294. The fraction of sp³-hybridized carbons (Fsp3) is 0.500. The molecule has 2 aliphatic carbocycles. The van der Waals surface area contributed by atoms with Gasteiger partial charge in [0.25, 0.3) is 5.92 Å². The number of H-pyrrole nitrogens is 1. The molecule has 242 valence electrons. The van der Waals surface area contributed by atoms with Crippen molar-refractivity contribution in [3.05, 3.63) is 59.5 Å². The number of amides is 2. The summed E-state index contributed by atoms with van der Waals surface area (Å²) in [6.07, 6.45) is 3.08. The molecule has 1 spiro atoms. The number of benzene rings is 2. The molecule has 4 aliphatic rings. The van der Waals surface area contributed by atoms with E-state index < -0.39 is 36.4 Å². The van der Waals surface area contributed by atoms with Crippen molar-refractivity contribution in [1.82, 2.24) is 20.2 Å². The number of hydrogen-bond acceptors (Lipinski definition) is 5. The van der Waals surface area contributed by atoms with Crippen LogP contribution in [-0.2, 0) is 20.0 Å². The SMILES string of the molecule is CC(C)C(NC(=O)O)C(=O)N1CC2(CC2)CC1c1ncc(-c2ccc3c(c2)C(F)(F)c2cc(B4OC(C)(C)C(C)(C)O4)ccc2-3)[nH]1. The van der Waals surface area contributed by atoms with Crippen molar-refractivity contribution >= 4 is 24.6 Å². The molecule has 46 heavy (non-hydrogen) atoms. The number of nitrogens with one attached hydrogen (secondary N) is 2. The molecule has 2 aromatic carbocycles. The predicted molar refractivity (Wildman–Crippen MR) is 169 cm³/mol. The Morgan fingerprint density at radius 3 is 2.28 bits per heavy atom. The number of fused-ring (bicyclic) bond motifs is 3. The van der Waals surface area contributed by atoms with E-state index in [-0.39, 0.29) is 34.4 Å². The van der Waals surface area contributed by atoms with Crippen LogP contribution in [0.15, 0.2) is 42.6 Å². The minimum atomic E-state index is -3.24. The fourth-order valence-electron chi connectivity index (χ4n) is 7.08. The summed E-state index contributed by atoms with van der Waals surface area (Å²) in [5.41, 5.74) is 1.28. The molecule has 2 saturated heterocycles. The number of carboxylic acid groups (broad SMARTS) is 1. The maximum atomic E-state index is 16.1. The number of carbonyl (C=O) groups excluding carboxylic acids is 1. The summed E-state index contributed by atoms with van der Waals surface area (Å²) < 4.78 is 44.5. The first kappa shape index (κ1) is 30.9. The van der Waals surface area contributed by atoms with Gasteiger partial charge < -0.3 is 29.6 Å². The second-order valence-electron chi connectivity index (χ2n) is 14.8. The zero-order chi connectivity index (χ0) is 33.0. The smallest absolute Gasteiger partial charge is 0.465 e. The Balaban J connectivity index is 1.16. The van der Waals surface area contributed by atoms with E-state index in [0.29, 0.717) is 46.6 Å². The number of imidazole rings is 1. The average molecular weight is 633 g/mol. The second kappa shape index (κ2) is 10.1. The lowest BCUT2D eigenvalue weighted by Crippen LogP contribution is -2.51. The van der Waals surface area contributed by atoms with Crippen LogP contribution < -0.4 is 10.8 Å². The van der Waals surface area contributed by atoms with Gasteiger partial charge in [-0.1, -0.05) is 44.2 Å². The van der Waals surface area contributed by atoms with Gasteiger partial charge in [0.2, 0.25) is 5.91 Å². The summed E-state index contributed by atoms with van der Waals surface area (Å²) in [6.45, 7) is 11.9. The van der Waals surface area contributed by atoms with Gasteiger partial charge in [-0.15, -0.1) is 0 Å². The molecular formula is C34H39BF2N4O5. The summed E-state index contributed by atoms with van der Waals surface area (Å²) in [7, 11) is -0.749. The molecular weight excluding hydrogens is 593 g/mol. The lowest BCUT2D eigenvalue weighted by Gasteiger charge is -2.32. The van der Waals surface area contributed by atoms with Crippen molar-refractivity contribution in [3.8, 4) is 22.4 Å². The van der Waals surface area contributed by atoms with Crippen LogP contribution in [0.2, 0.25) is 0 Å². The molecule has 0 bridgehead atoms. The standard InChI is InChI=1S/C34H39BF2N4O5/c1-18(2)27(40-30(43)44)29(42)41-17-33(11-12-33)15-26(41)28-38-16-25(39-28)19-7-9-21-22-10-8-20(14-24(22)34(36,37)23(21)13-19)35-45-31(3,4)32(5,6)46-35/h7-10,13-14,16,18,26-27,40H,11-12,15,17H2,1-6H3,(H,38,39)(H,43,44). The van der Waals surface area contributed by atoms with Crippen molar-refractivity contribution in [2.45, 2.75) is 90.0 Å². The highest BCUT2D eigenvalue weighted by Gasteiger charge is 2.56. The Kier molecular flexibility index (Phi) is 6.79. The van der Waals surface area contributed by atoms with Crippen molar-refractivity contribution < 1.29 is 32.8 Å². The molecule has 3 heterocycles. The van der Waals surface area contributed by atoms with Crippen molar-refractivity contribution in [3.63, 3.8) is 0 Å². The molecule has 12 heteroatoms. The van der Waals surface area contributed by atoms with Crippen molar-refractivity contribution in [1.29, 1.82) is 0 Å². The Morgan fingerprint density at radius 2 is 1.67 bits per heavy atom. The minimum Gasteiger partial charge on any atom is -0.465 e. The van der Waals surface area contributed by atoms with Crippen LogP contribution in [0, 0.1) is 11.3 Å². The minimum absolute atomic E-state index is 0.0123. The number of aromatic nitrogens is 2. The van der Waals surface area contributed by atoms with Crippen LogP contribution in [0.3, 0.4) is 0 Å². The van der Waals surface area contributed by atoms with Crippen LogP contribution in [0.1, 0.15) is 83.8 Å². The number of carbonyl (C=O) groups is 2. The molecule has 7 rings (SSSR count). The number of nitrogens with zero attached hydrogens (tertiary/aromatic N) is 2. The predicted octanol–water partition coefficient (Wildman–Crippen LogP) is 5.84. The third-order valence-electron chi connectivity index (χ3n) is 10.7. The van der Waals surface area contributed by atoms with E-state index in [1.807, 2.05) is 41.5 Å². The van der Waals surface area contributed by atoms with Crippen LogP contribution >= 0.6 is 0 Å². The zero-order valence-corrected chi connectivity index (χ0v) is 26.9. The van der Waals surface area contributed by atoms with Crippen molar-refractivity contribution in [2.75, 3.05) is 6.54 Å². The molecule has 1 aromatic heterocycles. The maximum absolute atomic E-state index is 16.1. The zero-order valence-electron chi connectivity index (χ0n) is 26.9. The lowest BCUT2D eigenvalue weighted by atomic mass is 9.77. The number of hydrogen-bond donors (Lipinski definition) is 3. The number of alkyl halides is 2. The largest absolute Gasteiger partial charge is 0.494 e. The molecule has 2 aliphatic heterocycles. The highest BCUT2D eigenvalue weighted by atomic mass is 19.3. The molecule has 0 radical (unpaired) electrons. The first-order valence-corrected chi connectivity index (χ1v) is 15.9. The van der Waals surface area contributed by atoms with E-state index in [1.54, 1.807) is 35.4 Å². The molecule has 3 aromatic rings. The van der Waals surface area contributed by atoms with E-state index in [2.05, 4.69) is 15.3 Å². The van der Waals surface area contributed by atoms with Gasteiger partial charge in [-0.25, -0.2) is 9.78 Å². The van der Waals surface area contributed by atoms with E-state index in [4.69, 9.17) is 9.31 Å². The summed E-state index contributed by atoms with van der Waals surface area (Å²) in [4.78, 5) is 34.7. The van der Waals surface area contributed by atoms with E-state index >= 15 is 8.78 Å². The molecule has 3 N–H and O–H groups in total. The first-order chi connectivity index (χ1) is 21.5. The van der Waals surface area contributed by atoms with E-state index in [1.165, 1.54) is 12.1 Å². The van der Waals surface area contributed by atoms with Crippen LogP contribution in [0.5, 0.6) is 0 Å². The Bertz CT molecular complexity index is 1730. The van der Waals surface area contributed by atoms with Crippen LogP contribution in [-0.4, -0.2) is 62.9 Å². The van der Waals surface area contributed by atoms with Gasteiger partial charge in [0, 0.05) is 23.2 Å². The van der Waals surface area contributed by atoms with Gasteiger partial charge in [0.05, 0.1) is 29.1 Å². The molecule has 1 saturated carbocycles. The molecule has 2 unspecified atom stereocenters. The first-order valence-electron chi connectivity index (χ1n) is 15.9. The third kappa shape index (κ3) is 4.83. The monoisotopic (exact) mass is 632 g/mol. The van der Waals surface area contributed by atoms with Gasteiger partial charge >= 0.3 is 13.2 Å². The van der Waals surface area contributed by atoms with E-state index in [9.17, 15) is 14.7 Å².